The summed E-state index contributed by atoms with van der Waals surface area (Å²) in [6.07, 6.45) is 2.20. The van der Waals surface area contributed by atoms with E-state index in [1.165, 1.54) is 6.07 Å². The Hall–Kier alpha value is -1.45. The van der Waals surface area contributed by atoms with E-state index >= 15 is 0 Å². The summed E-state index contributed by atoms with van der Waals surface area (Å²) in [7, 11) is -3.63. The van der Waals surface area contributed by atoms with Gasteiger partial charge in [0.25, 0.3) is 0 Å². The molecule has 2 N–H and O–H groups in total. The Morgan fingerprint density at radius 2 is 2.04 bits per heavy atom. The summed E-state index contributed by atoms with van der Waals surface area (Å²) in [6.45, 7) is 4.26. The number of anilines is 1. The Morgan fingerprint density at radius 1 is 1.38 bits per heavy atom. The van der Waals surface area contributed by atoms with Gasteiger partial charge in [-0.15, -0.1) is 0 Å². The van der Waals surface area contributed by atoms with Gasteiger partial charge in [0.05, 0.1) is 17.6 Å². The second-order valence-corrected chi connectivity index (χ2v) is 10.3. The van der Waals surface area contributed by atoms with Crippen LogP contribution in [0.4, 0.5) is 5.88 Å². The number of sulfone groups is 1. The van der Waals surface area contributed by atoms with E-state index in [0.29, 0.717) is 51.0 Å². The van der Waals surface area contributed by atoms with Crippen LogP contribution in [-0.2, 0) is 24.8 Å². The number of carbonyl (C=O) groups excluding carboxylic acids is 1. The van der Waals surface area contributed by atoms with Gasteiger partial charge in [0, 0.05) is 24.7 Å². The minimum Gasteiger partial charge on any atom is -0.395 e. The summed E-state index contributed by atoms with van der Waals surface area (Å²) < 4.78 is 35.3. The molecule has 2 heterocycles. The van der Waals surface area contributed by atoms with Crippen molar-refractivity contribution in [3.8, 4) is 0 Å². The van der Waals surface area contributed by atoms with E-state index in [-0.39, 0.29) is 12.5 Å². The topological polar surface area (TPSA) is 119 Å². The number of aromatic nitrogens is 1. The first-order valence-corrected chi connectivity index (χ1v) is 10.5. The Kier molecular flexibility index (Phi) is 5.15. The fourth-order valence-corrected chi connectivity index (χ4v) is 6.02. The van der Waals surface area contributed by atoms with Crippen molar-refractivity contribution in [1.82, 2.24) is 5.16 Å². The smallest absolute Gasteiger partial charge is 0.248 e. The molecule has 9 heteroatoms. The first-order chi connectivity index (χ1) is 12.2. The van der Waals surface area contributed by atoms with E-state index in [2.05, 4.69) is 10.5 Å². The van der Waals surface area contributed by atoms with Crippen molar-refractivity contribution >= 4 is 21.6 Å². The molecule has 3 rings (SSSR count). The van der Waals surface area contributed by atoms with Crippen LogP contribution in [0.25, 0.3) is 0 Å². The molecule has 0 spiro atoms. The molecule has 1 saturated heterocycles. The lowest BCUT2D eigenvalue weighted by Gasteiger charge is -2.42. The van der Waals surface area contributed by atoms with Gasteiger partial charge in [0.15, 0.2) is 14.6 Å². The van der Waals surface area contributed by atoms with Crippen LogP contribution in [0, 0.1) is 0 Å². The predicted octanol–water partition coefficient (Wildman–Crippen LogP) is 1.40. The van der Waals surface area contributed by atoms with Crippen LogP contribution in [0.15, 0.2) is 10.6 Å². The van der Waals surface area contributed by atoms with Gasteiger partial charge in [-0.1, -0.05) is 19.0 Å². The van der Waals surface area contributed by atoms with Crippen molar-refractivity contribution in [2.45, 2.75) is 61.4 Å². The van der Waals surface area contributed by atoms with Crippen LogP contribution in [0.5, 0.6) is 0 Å². The predicted molar refractivity (Wildman–Crippen MR) is 94.6 cm³/mol. The molecule has 8 nitrogen and oxygen atoms in total. The highest BCUT2D eigenvalue weighted by Gasteiger charge is 2.57. The minimum atomic E-state index is -3.63. The van der Waals surface area contributed by atoms with Crippen molar-refractivity contribution in [2.24, 2.45) is 0 Å². The van der Waals surface area contributed by atoms with Crippen molar-refractivity contribution in [2.75, 3.05) is 25.1 Å². The van der Waals surface area contributed by atoms with Crippen molar-refractivity contribution < 1.29 is 27.6 Å². The second kappa shape index (κ2) is 6.94. The van der Waals surface area contributed by atoms with Gasteiger partial charge >= 0.3 is 0 Å². The maximum Gasteiger partial charge on any atom is 0.248 e. The van der Waals surface area contributed by atoms with Crippen LogP contribution in [0.1, 0.15) is 51.6 Å². The highest BCUT2D eigenvalue weighted by molar-refractivity contribution is 7.94. The number of aliphatic hydroxyl groups excluding tert-OH is 1. The fourth-order valence-electron chi connectivity index (χ4n) is 3.40. The zero-order valence-corrected chi connectivity index (χ0v) is 16.0. The van der Waals surface area contributed by atoms with Crippen LogP contribution >= 0.6 is 0 Å². The van der Waals surface area contributed by atoms with Crippen LogP contribution in [0.2, 0.25) is 0 Å². The van der Waals surface area contributed by atoms with E-state index < -0.39 is 31.2 Å². The zero-order chi connectivity index (χ0) is 19.0. The number of nitrogens with zero attached hydrogens (tertiary/aromatic N) is 1. The van der Waals surface area contributed by atoms with Gasteiger partial charge in [-0.2, -0.15) is 0 Å². The molecular formula is C17H26N2O6S. The standard InChI is InChI=1S/C17H26N2O6S/c1-16(2,11-20)13-10-14(25-19-13)18-15(21)17(6-3-7-17)26(22,23)12-4-8-24-9-5-12/h10,12,20H,3-9,11H2,1-2H3,(H,18,21). The molecule has 26 heavy (non-hydrogen) atoms. The molecule has 1 amide bonds. The number of aliphatic hydroxyl groups is 1. The Labute approximate surface area is 153 Å². The molecule has 1 aliphatic heterocycles. The Bertz CT molecular complexity index is 760. The summed E-state index contributed by atoms with van der Waals surface area (Å²) in [4.78, 5) is 12.9. The van der Waals surface area contributed by atoms with E-state index in [9.17, 15) is 18.3 Å². The molecule has 2 aliphatic rings. The molecule has 2 fully saturated rings. The van der Waals surface area contributed by atoms with E-state index in [1.807, 2.05) is 0 Å². The first-order valence-electron chi connectivity index (χ1n) is 8.94. The second-order valence-electron chi connectivity index (χ2n) is 7.78. The molecule has 0 unspecified atom stereocenters. The highest BCUT2D eigenvalue weighted by atomic mass is 32.2. The number of rotatable bonds is 6. The average molecular weight is 386 g/mol. The number of amides is 1. The molecule has 0 bridgehead atoms. The maximum atomic E-state index is 13.1. The third-order valence-electron chi connectivity index (χ3n) is 5.56. The monoisotopic (exact) mass is 386 g/mol. The van der Waals surface area contributed by atoms with Gasteiger partial charge in [-0.05, 0) is 32.1 Å². The van der Waals surface area contributed by atoms with Gasteiger partial charge in [0.2, 0.25) is 11.8 Å². The van der Waals surface area contributed by atoms with Crippen LogP contribution in [-0.4, -0.2) is 54.4 Å². The van der Waals surface area contributed by atoms with Gasteiger partial charge < -0.3 is 14.4 Å². The van der Waals surface area contributed by atoms with Crippen molar-refractivity contribution in [3.05, 3.63) is 11.8 Å². The molecule has 1 aromatic rings. The van der Waals surface area contributed by atoms with E-state index in [4.69, 9.17) is 9.26 Å². The lowest BCUT2D eigenvalue weighted by molar-refractivity contribution is -0.120. The molecule has 146 valence electrons. The van der Waals surface area contributed by atoms with Crippen LogP contribution < -0.4 is 5.32 Å². The number of hydrogen-bond acceptors (Lipinski definition) is 7. The molecule has 1 saturated carbocycles. The lowest BCUT2D eigenvalue weighted by atomic mass is 9.83. The SMILES string of the molecule is CC(C)(CO)c1cc(NC(=O)C2(S(=O)(=O)C3CCOCC3)CCC2)on1. The summed E-state index contributed by atoms with van der Waals surface area (Å²) >= 11 is 0. The average Bonchev–Trinajstić information content (AvgIpc) is 3.03. The first kappa shape index (κ1) is 19.3. The number of carbonyl (C=O) groups is 1. The van der Waals surface area contributed by atoms with Crippen LogP contribution in [0.3, 0.4) is 0 Å². The summed E-state index contributed by atoms with van der Waals surface area (Å²) in [5.41, 5.74) is -0.125. The minimum absolute atomic E-state index is 0.0972. The third kappa shape index (κ3) is 3.16. The van der Waals surface area contributed by atoms with Crippen molar-refractivity contribution in [1.29, 1.82) is 0 Å². The van der Waals surface area contributed by atoms with E-state index in [0.717, 1.165) is 0 Å². The van der Waals surface area contributed by atoms with E-state index in [1.54, 1.807) is 13.8 Å². The lowest BCUT2D eigenvalue weighted by Crippen LogP contribution is -2.58. The Morgan fingerprint density at radius 3 is 2.58 bits per heavy atom. The number of ether oxygens (including phenoxy) is 1. The van der Waals surface area contributed by atoms with Gasteiger partial charge in [0.1, 0.15) is 0 Å². The number of nitrogens with one attached hydrogen (secondary N) is 1. The van der Waals surface area contributed by atoms with Gasteiger partial charge in [-0.3, -0.25) is 10.1 Å². The molecular weight excluding hydrogens is 360 g/mol. The van der Waals surface area contributed by atoms with Gasteiger partial charge in [-0.25, -0.2) is 8.42 Å². The zero-order valence-electron chi connectivity index (χ0n) is 15.2. The summed E-state index contributed by atoms with van der Waals surface area (Å²) in [5.74, 6) is -0.459. The Balaban J connectivity index is 1.79. The highest BCUT2D eigenvalue weighted by Crippen LogP contribution is 2.44. The molecule has 0 radical (unpaired) electrons. The summed E-state index contributed by atoms with van der Waals surface area (Å²) in [6, 6.07) is 1.53. The number of hydrogen-bond donors (Lipinski definition) is 2. The maximum absolute atomic E-state index is 13.1. The third-order valence-corrected chi connectivity index (χ3v) is 8.59. The van der Waals surface area contributed by atoms with Crippen molar-refractivity contribution in [3.63, 3.8) is 0 Å². The normalized spacial score (nSPS) is 21.2. The summed E-state index contributed by atoms with van der Waals surface area (Å²) in [5, 5.41) is 15.3. The molecule has 0 aromatic carbocycles. The molecule has 1 aliphatic carbocycles. The quantitative estimate of drug-likeness (QED) is 0.758. The molecule has 0 atom stereocenters. The fraction of sp³-hybridized carbons (Fsp3) is 0.765. The molecule has 1 aromatic heterocycles. The largest absolute Gasteiger partial charge is 0.395 e.